The second-order valence-corrected chi connectivity index (χ2v) is 5.31. The summed E-state index contributed by atoms with van der Waals surface area (Å²) in [5, 5.41) is 16.1. The zero-order chi connectivity index (χ0) is 13.8. The summed E-state index contributed by atoms with van der Waals surface area (Å²) in [5.41, 5.74) is 0. The van der Waals surface area contributed by atoms with Gasteiger partial charge in [0.1, 0.15) is 16.7 Å². The van der Waals surface area contributed by atoms with Crippen molar-refractivity contribution < 1.29 is 0 Å². The largest absolute Gasteiger partial charge is 0.370 e. The van der Waals surface area contributed by atoms with E-state index >= 15 is 0 Å². The molecular weight excluding hydrogens is 262 g/mol. The van der Waals surface area contributed by atoms with Gasteiger partial charge in [0.15, 0.2) is 0 Å². The van der Waals surface area contributed by atoms with Crippen LogP contribution in [0.25, 0.3) is 0 Å². The Morgan fingerprint density at radius 1 is 1.37 bits per heavy atom. The van der Waals surface area contributed by atoms with Gasteiger partial charge in [0.2, 0.25) is 5.16 Å². The second kappa shape index (κ2) is 5.96. The number of nitrogens with one attached hydrogen (secondary N) is 1. The van der Waals surface area contributed by atoms with Gasteiger partial charge in [-0.2, -0.15) is 0 Å². The number of nitrogens with zero attached hydrogens (tertiary/aromatic N) is 6. The Kier molecular flexibility index (Phi) is 4.31. The smallest absolute Gasteiger partial charge is 0.215 e. The molecule has 0 aliphatic carbocycles. The molecule has 0 spiro atoms. The first-order chi connectivity index (χ1) is 9.10. The van der Waals surface area contributed by atoms with Gasteiger partial charge >= 0.3 is 0 Å². The van der Waals surface area contributed by atoms with Crippen molar-refractivity contribution >= 4 is 17.6 Å². The van der Waals surface area contributed by atoms with Crippen molar-refractivity contribution in [2.24, 2.45) is 7.05 Å². The van der Waals surface area contributed by atoms with Crippen molar-refractivity contribution in [2.75, 3.05) is 11.9 Å². The molecule has 2 aromatic heterocycles. The van der Waals surface area contributed by atoms with Crippen molar-refractivity contribution in [3.63, 3.8) is 0 Å². The molecule has 0 amide bonds. The Hall–Kier alpha value is -1.70. The lowest BCUT2D eigenvalue weighted by Gasteiger charge is -2.10. The van der Waals surface area contributed by atoms with Crippen molar-refractivity contribution in [1.29, 1.82) is 0 Å². The number of hydrogen-bond acceptors (Lipinski definition) is 7. The van der Waals surface area contributed by atoms with Gasteiger partial charge in [0.25, 0.3) is 0 Å². The molecule has 0 aromatic carbocycles. The average Bonchev–Trinajstić information content (AvgIpc) is 2.75. The third-order valence-corrected chi connectivity index (χ3v) is 3.32. The van der Waals surface area contributed by atoms with E-state index in [1.165, 1.54) is 11.8 Å². The standard InChI is InChI=1S/C11H17N7S/c1-5-12-8-6-9(14-10(13-8)7(2)3)19-11-15-16-17-18(11)4/h6-7H,5H2,1-4H3,(H,12,13,14). The van der Waals surface area contributed by atoms with Gasteiger partial charge in [-0.15, -0.1) is 5.10 Å². The highest BCUT2D eigenvalue weighted by Crippen LogP contribution is 2.26. The molecule has 102 valence electrons. The van der Waals surface area contributed by atoms with E-state index in [0.29, 0.717) is 5.16 Å². The maximum absolute atomic E-state index is 4.53. The first-order valence-electron chi connectivity index (χ1n) is 6.13. The summed E-state index contributed by atoms with van der Waals surface area (Å²) in [7, 11) is 1.80. The summed E-state index contributed by atoms with van der Waals surface area (Å²) in [6.45, 7) is 7.01. The van der Waals surface area contributed by atoms with Gasteiger partial charge in [-0.25, -0.2) is 14.6 Å². The molecule has 0 atom stereocenters. The van der Waals surface area contributed by atoms with E-state index < -0.39 is 0 Å². The fraction of sp³-hybridized carbons (Fsp3) is 0.545. The van der Waals surface area contributed by atoms with Crippen LogP contribution in [0.2, 0.25) is 0 Å². The lowest BCUT2D eigenvalue weighted by atomic mass is 10.2. The number of rotatable bonds is 5. The highest BCUT2D eigenvalue weighted by Gasteiger charge is 2.11. The Morgan fingerprint density at radius 2 is 2.16 bits per heavy atom. The minimum absolute atomic E-state index is 0.274. The molecule has 1 N–H and O–H groups in total. The Balaban J connectivity index is 2.31. The molecule has 0 aliphatic heterocycles. The quantitative estimate of drug-likeness (QED) is 0.834. The average molecular weight is 279 g/mol. The monoisotopic (exact) mass is 279 g/mol. The number of aryl methyl sites for hydroxylation is 1. The van der Waals surface area contributed by atoms with E-state index in [9.17, 15) is 0 Å². The number of aromatic nitrogens is 6. The summed E-state index contributed by atoms with van der Waals surface area (Å²) in [6.07, 6.45) is 0. The van der Waals surface area contributed by atoms with Crippen molar-refractivity contribution in [3.05, 3.63) is 11.9 Å². The highest BCUT2D eigenvalue weighted by molar-refractivity contribution is 7.99. The van der Waals surface area contributed by atoms with Crippen molar-refractivity contribution in [1.82, 2.24) is 30.2 Å². The topological polar surface area (TPSA) is 81.4 Å². The summed E-state index contributed by atoms with van der Waals surface area (Å²) < 4.78 is 1.62. The Labute approximate surface area is 116 Å². The van der Waals surface area contributed by atoms with Crippen LogP contribution < -0.4 is 5.32 Å². The molecule has 0 aliphatic rings. The Bertz CT molecular complexity index is 552. The van der Waals surface area contributed by atoms with Gasteiger partial charge in [-0.05, 0) is 29.1 Å². The molecule has 2 aromatic rings. The number of tetrazole rings is 1. The summed E-state index contributed by atoms with van der Waals surface area (Å²) in [5.74, 6) is 1.92. The van der Waals surface area contributed by atoms with Crippen LogP contribution in [0.1, 0.15) is 32.5 Å². The van der Waals surface area contributed by atoms with Crippen LogP contribution in [-0.2, 0) is 7.05 Å². The van der Waals surface area contributed by atoms with Crippen LogP contribution in [-0.4, -0.2) is 36.7 Å². The fourth-order valence-corrected chi connectivity index (χ4v) is 2.17. The van der Waals surface area contributed by atoms with E-state index in [1.807, 2.05) is 13.0 Å². The lowest BCUT2D eigenvalue weighted by molar-refractivity contribution is 0.663. The molecule has 0 fully saturated rings. The normalized spacial score (nSPS) is 11.0. The van der Waals surface area contributed by atoms with Crippen molar-refractivity contribution in [3.8, 4) is 0 Å². The highest BCUT2D eigenvalue weighted by atomic mass is 32.2. The molecule has 0 saturated heterocycles. The maximum Gasteiger partial charge on any atom is 0.215 e. The van der Waals surface area contributed by atoms with Crippen LogP contribution in [0.15, 0.2) is 16.2 Å². The Morgan fingerprint density at radius 3 is 2.74 bits per heavy atom. The molecule has 0 bridgehead atoms. The van der Waals surface area contributed by atoms with Gasteiger partial charge in [-0.3, -0.25) is 0 Å². The van der Waals surface area contributed by atoms with Gasteiger partial charge in [0.05, 0.1) is 0 Å². The van der Waals surface area contributed by atoms with E-state index in [-0.39, 0.29) is 5.92 Å². The van der Waals surface area contributed by atoms with Gasteiger partial charge in [0, 0.05) is 25.6 Å². The SMILES string of the molecule is CCNc1cc(Sc2nnnn2C)nc(C(C)C)n1. The molecule has 8 heteroatoms. The lowest BCUT2D eigenvalue weighted by Crippen LogP contribution is -2.05. The predicted molar refractivity (Wildman–Crippen MR) is 73.2 cm³/mol. The van der Waals surface area contributed by atoms with Crippen LogP contribution in [0.4, 0.5) is 5.82 Å². The molecular formula is C11H17N7S. The second-order valence-electron chi connectivity index (χ2n) is 4.32. The summed E-state index contributed by atoms with van der Waals surface area (Å²) in [6, 6.07) is 1.91. The first-order valence-corrected chi connectivity index (χ1v) is 6.94. The molecule has 2 rings (SSSR count). The maximum atomic E-state index is 4.53. The minimum Gasteiger partial charge on any atom is -0.370 e. The summed E-state index contributed by atoms with van der Waals surface area (Å²) in [4.78, 5) is 9.01. The van der Waals surface area contributed by atoms with Crippen LogP contribution >= 0.6 is 11.8 Å². The molecule has 2 heterocycles. The van der Waals surface area contributed by atoms with Crippen LogP contribution in [0, 0.1) is 0 Å². The minimum atomic E-state index is 0.274. The third kappa shape index (κ3) is 3.40. The predicted octanol–water partition coefficient (Wildman–Crippen LogP) is 1.71. The first kappa shape index (κ1) is 13.7. The molecule has 0 saturated carbocycles. The zero-order valence-electron chi connectivity index (χ0n) is 11.5. The summed E-state index contributed by atoms with van der Waals surface area (Å²) >= 11 is 1.43. The third-order valence-electron chi connectivity index (χ3n) is 2.37. The van der Waals surface area contributed by atoms with Gasteiger partial charge in [-0.1, -0.05) is 13.8 Å². The number of anilines is 1. The van der Waals surface area contributed by atoms with Crippen LogP contribution in [0.3, 0.4) is 0 Å². The van der Waals surface area contributed by atoms with E-state index in [0.717, 1.165) is 23.2 Å². The van der Waals surface area contributed by atoms with Gasteiger partial charge < -0.3 is 5.32 Å². The molecule has 19 heavy (non-hydrogen) atoms. The van der Waals surface area contributed by atoms with Crippen LogP contribution in [0.5, 0.6) is 0 Å². The van der Waals surface area contributed by atoms with E-state index in [2.05, 4.69) is 44.7 Å². The zero-order valence-corrected chi connectivity index (χ0v) is 12.3. The molecule has 7 nitrogen and oxygen atoms in total. The van der Waals surface area contributed by atoms with Crippen molar-refractivity contribution in [2.45, 2.75) is 36.9 Å². The van der Waals surface area contributed by atoms with E-state index in [4.69, 9.17) is 0 Å². The molecule has 0 radical (unpaired) electrons. The molecule has 0 unspecified atom stereocenters. The number of hydrogen-bond donors (Lipinski definition) is 1. The van der Waals surface area contributed by atoms with E-state index in [1.54, 1.807) is 11.7 Å². The fourth-order valence-electron chi connectivity index (χ4n) is 1.43.